The first-order chi connectivity index (χ1) is 16.3. The van der Waals surface area contributed by atoms with Crippen LogP contribution in [0.5, 0.6) is 0 Å². The highest BCUT2D eigenvalue weighted by atomic mass is 32.2. The van der Waals surface area contributed by atoms with Gasteiger partial charge in [0, 0.05) is 17.0 Å². The van der Waals surface area contributed by atoms with E-state index in [0.29, 0.717) is 40.7 Å². The van der Waals surface area contributed by atoms with Crippen molar-refractivity contribution in [3.05, 3.63) is 75.7 Å². The van der Waals surface area contributed by atoms with Crippen molar-refractivity contribution in [2.45, 2.75) is 37.5 Å². The Morgan fingerprint density at radius 1 is 1.09 bits per heavy atom. The standard InChI is InChI=1S/C25H25N3O4S2/c1-15-6-11-19-21(14-15)33-25(22(19)23(26)29)27-24(30)17-7-9-18(10-8-17)34(31,32)28-13-12-16-4-2-3-5-20(16)28/h2-5,7-10,15H,6,11-14H2,1H3,(H2,26,29)(H,27,30)/t15-/m0/s1. The van der Waals surface area contributed by atoms with Crippen LogP contribution in [-0.4, -0.2) is 26.8 Å². The zero-order chi connectivity index (χ0) is 24.0. The number of nitrogens with two attached hydrogens (primary N) is 1. The smallest absolute Gasteiger partial charge is 0.264 e. The van der Waals surface area contributed by atoms with Crippen molar-refractivity contribution in [3.8, 4) is 0 Å². The molecule has 176 valence electrons. The Hall–Kier alpha value is -3.17. The Labute approximate surface area is 202 Å². The molecule has 0 radical (unpaired) electrons. The molecule has 0 bridgehead atoms. The Balaban J connectivity index is 1.38. The van der Waals surface area contributed by atoms with E-state index in [9.17, 15) is 18.0 Å². The number of benzene rings is 2. The molecule has 0 saturated heterocycles. The van der Waals surface area contributed by atoms with Crippen molar-refractivity contribution < 1.29 is 18.0 Å². The molecule has 1 aromatic heterocycles. The summed E-state index contributed by atoms with van der Waals surface area (Å²) >= 11 is 1.40. The van der Waals surface area contributed by atoms with Crippen molar-refractivity contribution in [2.75, 3.05) is 16.2 Å². The van der Waals surface area contributed by atoms with Crippen LogP contribution in [0.4, 0.5) is 10.7 Å². The van der Waals surface area contributed by atoms with Gasteiger partial charge in [-0.1, -0.05) is 25.1 Å². The molecule has 3 N–H and O–H groups in total. The maximum Gasteiger partial charge on any atom is 0.264 e. The predicted octanol–water partition coefficient (Wildman–Crippen LogP) is 3.98. The molecule has 5 rings (SSSR count). The highest BCUT2D eigenvalue weighted by Crippen LogP contribution is 2.39. The molecule has 34 heavy (non-hydrogen) atoms. The number of sulfonamides is 1. The van der Waals surface area contributed by atoms with Crippen LogP contribution >= 0.6 is 11.3 Å². The molecule has 0 unspecified atom stereocenters. The molecule has 2 heterocycles. The number of primary amides is 1. The van der Waals surface area contributed by atoms with Crippen LogP contribution in [0.1, 0.15) is 50.1 Å². The summed E-state index contributed by atoms with van der Waals surface area (Å²) in [7, 11) is -3.74. The monoisotopic (exact) mass is 495 g/mol. The van der Waals surface area contributed by atoms with Crippen LogP contribution in [0, 0.1) is 5.92 Å². The van der Waals surface area contributed by atoms with Gasteiger partial charge in [0.15, 0.2) is 0 Å². The molecular weight excluding hydrogens is 470 g/mol. The van der Waals surface area contributed by atoms with Crippen molar-refractivity contribution in [1.29, 1.82) is 0 Å². The maximum atomic E-state index is 13.2. The molecular formula is C25H25N3O4S2. The summed E-state index contributed by atoms with van der Waals surface area (Å²) in [5.74, 6) is -0.438. The zero-order valence-corrected chi connectivity index (χ0v) is 20.3. The van der Waals surface area contributed by atoms with Gasteiger partial charge < -0.3 is 11.1 Å². The third kappa shape index (κ3) is 3.88. The van der Waals surface area contributed by atoms with Crippen LogP contribution < -0.4 is 15.4 Å². The number of nitrogens with zero attached hydrogens (tertiary/aromatic N) is 1. The van der Waals surface area contributed by atoms with E-state index in [2.05, 4.69) is 12.2 Å². The van der Waals surface area contributed by atoms with Gasteiger partial charge >= 0.3 is 0 Å². The quantitative estimate of drug-likeness (QED) is 0.558. The second kappa shape index (κ2) is 8.56. The Bertz CT molecular complexity index is 1390. The van der Waals surface area contributed by atoms with E-state index in [1.807, 2.05) is 18.2 Å². The van der Waals surface area contributed by atoms with Crippen LogP contribution in [0.2, 0.25) is 0 Å². The third-order valence-corrected chi connectivity index (χ3v) is 9.53. The number of hydrogen-bond donors (Lipinski definition) is 2. The van der Waals surface area contributed by atoms with Gasteiger partial charge in [0.25, 0.3) is 21.8 Å². The first-order valence-corrected chi connectivity index (χ1v) is 13.5. The maximum absolute atomic E-state index is 13.2. The molecule has 0 fully saturated rings. The molecule has 1 atom stereocenters. The van der Waals surface area contributed by atoms with E-state index in [1.54, 1.807) is 6.07 Å². The zero-order valence-electron chi connectivity index (χ0n) is 18.7. The van der Waals surface area contributed by atoms with Crippen LogP contribution in [-0.2, 0) is 29.3 Å². The molecule has 7 nitrogen and oxygen atoms in total. The predicted molar refractivity (Wildman–Crippen MR) is 133 cm³/mol. The van der Waals surface area contributed by atoms with E-state index in [0.717, 1.165) is 35.3 Å². The van der Waals surface area contributed by atoms with Crippen molar-refractivity contribution in [3.63, 3.8) is 0 Å². The van der Waals surface area contributed by atoms with Crippen LogP contribution in [0.25, 0.3) is 0 Å². The van der Waals surface area contributed by atoms with Gasteiger partial charge in [-0.15, -0.1) is 11.3 Å². The minimum atomic E-state index is -3.74. The molecule has 3 aromatic rings. The highest BCUT2D eigenvalue weighted by molar-refractivity contribution is 7.92. The molecule has 2 aromatic carbocycles. The van der Waals surface area contributed by atoms with E-state index in [4.69, 9.17) is 5.73 Å². The molecule has 1 aliphatic heterocycles. The fraction of sp³-hybridized carbons (Fsp3) is 0.280. The number of carbonyl (C=O) groups excluding carboxylic acids is 2. The lowest BCUT2D eigenvalue weighted by atomic mass is 9.88. The lowest BCUT2D eigenvalue weighted by Crippen LogP contribution is -2.29. The van der Waals surface area contributed by atoms with Crippen LogP contribution in [0.3, 0.4) is 0 Å². The van der Waals surface area contributed by atoms with E-state index in [1.165, 1.54) is 39.9 Å². The Kier molecular flexibility index (Phi) is 5.69. The summed E-state index contributed by atoms with van der Waals surface area (Å²) in [6.45, 7) is 2.56. The SMILES string of the molecule is C[C@H]1CCc2c(sc(NC(=O)c3ccc(S(=O)(=O)N4CCc5ccccc54)cc3)c2C(N)=O)C1. The third-order valence-electron chi connectivity index (χ3n) is 6.53. The lowest BCUT2D eigenvalue weighted by molar-refractivity contribution is 0.1000. The van der Waals surface area contributed by atoms with Gasteiger partial charge in [-0.25, -0.2) is 8.42 Å². The number of rotatable bonds is 5. The first-order valence-electron chi connectivity index (χ1n) is 11.2. The van der Waals surface area contributed by atoms with Crippen molar-refractivity contribution in [1.82, 2.24) is 0 Å². The van der Waals surface area contributed by atoms with Gasteiger partial charge in [0.2, 0.25) is 0 Å². The van der Waals surface area contributed by atoms with Gasteiger partial charge in [0.1, 0.15) is 5.00 Å². The number of amides is 2. The first kappa shape index (κ1) is 22.6. The number of para-hydroxylation sites is 1. The van der Waals surface area contributed by atoms with E-state index >= 15 is 0 Å². The Morgan fingerprint density at radius 3 is 2.56 bits per heavy atom. The molecule has 1 aliphatic carbocycles. The van der Waals surface area contributed by atoms with Crippen molar-refractivity contribution >= 4 is 43.9 Å². The summed E-state index contributed by atoms with van der Waals surface area (Å²) in [4.78, 5) is 26.3. The summed E-state index contributed by atoms with van der Waals surface area (Å²) in [6, 6.07) is 13.3. The molecule has 0 saturated carbocycles. The van der Waals surface area contributed by atoms with E-state index in [-0.39, 0.29) is 4.90 Å². The normalized spacial score (nSPS) is 17.2. The summed E-state index contributed by atoms with van der Waals surface area (Å²) in [6.07, 6.45) is 3.28. The summed E-state index contributed by atoms with van der Waals surface area (Å²) < 4.78 is 27.8. The van der Waals surface area contributed by atoms with Crippen molar-refractivity contribution in [2.24, 2.45) is 11.7 Å². The van der Waals surface area contributed by atoms with Gasteiger partial charge in [-0.2, -0.15) is 0 Å². The second-order valence-corrected chi connectivity index (χ2v) is 11.8. The number of fused-ring (bicyclic) bond motifs is 2. The summed E-state index contributed by atoms with van der Waals surface area (Å²) in [5, 5.41) is 3.29. The number of thiophene rings is 1. The molecule has 0 spiro atoms. The summed E-state index contributed by atoms with van der Waals surface area (Å²) in [5.41, 5.74) is 8.97. The fourth-order valence-electron chi connectivity index (χ4n) is 4.74. The molecule has 2 aliphatic rings. The minimum Gasteiger partial charge on any atom is -0.365 e. The number of hydrogen-bond acceptors (Lipinski definition) is 5. The minimum absolute atomic E-state index is 0.124. The van der Waals surface area contributed by atoms with Crippen LogP contribution in [0.15, 0.2) is 53.4 Å². The molecule has 2 amide bonds. The van der Waals surface area contributed by atoms with Gasteiger partial charge in [0.05, 0.1) is 16.1 Å². The average Bonchev–Trinajstić information content (AvgIpc) is 3.40. The number of nitrogens with one attached hydrogen (secondary N) is 1. The Morgan fingerprint density at radius 2 is 1.82 bits per heavy atom. The largest absolute Gasteiger partial charge is 0.365 e. The number of anilines is 2. The fourth-order valence-corrected chi connectivity index (χ4v) is 7.65. The lowest BCUT2D eigenvalue weighted by Gasteiger charge is -2.19. The van der Waals surface area contributed by atoms with Gasteiger partial charge in [-0.05, 0) is 73.1 Å². The second-order valence-electron chi connectivity index (χ2n) is 8.85. The topological polar surface area (TPSA) is 110 Å². The van der Waals surface area contributed by atoms with E-state index < -0.39 is 21.8 Å². The van der Waals surface area contributed by atoms with Gasteiger partial charge in [-0.3, -0.25) is 13.9 Å². The highest BCUT2D eigenvalue weighted by Gasteiger charge is 2.31. The molecule has 9 heteroatoms. The number of carbonyl (C=O) groups is 2. The average molecular weight is 496 g/mol.